The number of hydrogen-bond donors (Lipinski definition) is 1. The first-order valence-electron chi connectivity index (χ1n) is 8.04. The number of benzene rings is 1. The molecule has 0 amide bonds. The largest absolute Gasteiger partial charge is 0.491 e. The van der Waals surface area contributed by atoms with Crippen molar-refractivity contribution in [2.75, 3.05) is 46.5 Å². The molecule has 2 heterocycles. The van der Waals surface area contributed by atoms with Gasteiger partial charge in [-0.05, 0) is 55.6 Å². The smallest absolute Gasteiger partial charge is 0.243 e. The first-order chi connectivity index (χ1) is 11.1. The number of ether oxygens (including phenoxy) is 2. The number of sulfonamides is 1. The van der Waals surface area contributed by atoms with Gasteiger partial charge in [-0.3, -0.25) is 0 Å². The van der Waals surface area contributed by atoms with E-state index in [4.69, 9.17) is 9.47 Å². The van der Waals surface area contributed by atoms with Crippen molar-refractivity contribution in [3.63, 3.8) is 0 Å². The molecule has 128 valence electrons. The Hall–Kier alpha value is -1.15. The molecule has 2 fully saturated rings. The molecule has 7 heteroatoms. The molecule has 1 aromatic rings. The lowest BCUT2D eigenvalue weighted by atomic mass is 9.90. The highest BCUT2D eigenvalue weighted by atomic mass is 32.2. The van der Waals surface area contributed by atoms with E-state index in [9.17, 15) is 8.42 Å². The third-order valence-electron chi connectivity index (χ3n) is 4.68. The number of piperidine rings is 1. The monoisotopic (exact) mass is 340 g/mol. The van der Waals surface area contributed by atoms with Crippen molar-refractivity contribution in [2.24, 2.45) is 11.8 Å². The highest BCUT2D eigenvalue weighted by Gasteiger charge is 2.37. The van der Waals surface area contributed by atoms with E-state index >= 15 is 0 Å². The lowest BCUT2D eigenvalue weighted by Crippen LogP contribution is -2.43. The van der Waals surface area contributed by atoms with Gasteiger partial charge in [0, 0.05) is 20.2 Å². The summed E-state index contributed by atoms with van der Waals surface area (Å²) in [4.78, 5) is 0.334. The number of rotatable bonds is 6. The van der Waals surface area contributed by atoms with Gasteiger partial charge in [0.15, 0.2) is 0 Å². The van der Waals surface area contributed by atoms with Gasteiger partial charge in [-0.2, -0.15) is 4.31 Å². The summed E-state index contributed by atoms with van der Waals surface area (Å²) in [6.45, 7) is 4.12. The zero-order valence-electron chi connectivity index (χ0n) is 13.4. The van der Waals surface area contributed by atoms with Gasteiger partial charge in [-0.1, -0.05) is 0 Å². The number of nitrogens with zero attached hydrogens (tertiary/aromatic N) is 1. The molecule has 6 nitrogen and oxygen atoms in total. The molecule has 2 saturated heterocycles. The van der Waals surface area contributed by atoms with Crippen LogP contribution in [0.1, 0.15) is 6.42 Å². The van der Waals surface area contributed by atoms with Crippen LogP contribution in [0.2, 0.25) is 0 Å². The second-order valence-corrected chi connectivity index (χ2v) is 8.08. The predicted molar refractivity (Wildman–Crippen MR) is 87.0 cm³/mol. The van der Waals surface area contributed by atoms with Crippen molar-refractivity contribution in [1.82, 2.24) is 9.62 Å². The summed E-state index contributed by atoms with van der Waals surface area (Å²) < 4.78 is 37.6. The summed E-state index contributed by atoms with van der Waals surface area (Å²) in [6, 6.07) is 6.64. The Balaban J connectivity index is 1.67. The van der Waals surface area contributed by atoms with Gasteiger partial charge < -0.3 is 14.8 Å². The topological polar surface area (TPSA) is 67.9 Å². The van der Waals surface area contributed by atoms with E-state index in [1.165, 1.54) is 0 Å². The summed E-state index contributed by atoms with van der Waals surface area (Å²) in [6.07, 6.45) is 0.940. The van der Waals surface area contributed by atoms with Crippen molar-refractivity contribution in [2.45, 2.75) is 11.3 Å². The fourth-order valence-electron chi connectivity index (χ4n) is 3.32. The number of methoxy groups -OCH3 is 1. The fraction of sp³-hybridized carbons (Fsp3) is 0.625. The first-order valence-corrected chi connectivity index (χ1v) is 9.48. The number of hydrogen-bond acceptors (Lipinski definition) is 5. The number of fused-ring (bicyclic) bond motifs is 1. The van der Waals surface area contributed by atoms with Crippen LogP contribution in [-0.2, 0) is 14.8 Å². The van der Waals surface area contributed by atoms with Crippen LogP contribution in [0.3, 0.4) is 0 Å². The normalized spacial score (nSPS) is 25.3. The zero-order chi connectivity index (χ0) is 16.3. The van der Waals surface area contributed by atoms with Crippen LogP contribution in [0.15, 0.2) is 29.2 Å². The Morgan fingerprint density at radius 2 is 1.91 bits per heavy atom. The molecule has 2 aliphatic rings. The average Bonchev–Trinajstić information content (AvgIpc) is 3.03. The van der Waals surface area contributed by atoms with Crippen LogP contribution >= 0.6 is 0 Å². The predicted octanol–water partition coefficient (Wildman–Crippen LogP) is 0.942. The lowest BCUT2D eigenvalue weighted by molar-refractivity contribution is 0.146. The van der Waals surface area contributed by atoms with Crippen LogP contribution < -0.4 is 10.1 Å². The Labute approximate surface area is 137 Å². The molecule has 0 aromatic heterocycles. The molecule has 0 saturated carbocycles. The van der Waals surface area contributed by atoms with Gasteiger partial charge in [-0.15, -0.1) is 0 Å². The van der Waals surface area contributed by atoms with Crippen molar-refractivity contribution in [3.05, 3.63) is 24.3 Å². The van der Waals surface area contributed by atoms with E-state index < -0.39 is 10.0 Å². The van der Waals surface area contributed by atoms with Gasteiger partial charge in [0.1, 0.15) is 12.4 Å². The van der Waals surface area contributed by atoms with Gasteiger partial charge in [-0.25, -0.2) is 8.42 Å². The minimum Gasteiger partial charge on any atom is -0.491 e. The second kappa shape index (κ2) is 7.17. The quantitative estimate of drug-likeness (QED) is 0.781. The molecule has 1 N–H and O–H groups in total. The van der Waals surface area contributed by atoms with E-state index in [1.807, 2.05) is 0 Å². The van der Waals surface area contributed by atoms with Gasteiger partial charge in [0.05, 0.1) is 11.5 Å². The fourth-order valence-corrected chi connectivity index (χ4v) is 4.83. The third kappa shape index (κ3) is 3.68. The number of nitrogens with one attached hydrogen (secondary N) is 1. The summed E-state index contributed by atoms with van der Waals surface area (Å²) in [5, 5.41) is 3.36. The molecule has 0 radical (unpaired) electrons. The van der Waals surface area contributed by atoms with Crippen molar-refractivity contribution in [3.8, 4) is 5.75 Å². The Bertz CT molecular complexity index is 617. The van der Waals surface area contributed by atoms with Crippen molar-refractivity contribution < 1.29 is 17.9 Å². The van der Waals surface area contributed by atoms with Crippen LogP contribution in [0.4, 0.5) is 0 Å². The summed E-state index contributed by atoms with van der Waals surface area (Å²) >= 11 is 0. The van der Waals surface area contributed by atoms with E-state index in [1.54, 1.807) is 35.7 Å². The summed E-state index contributed by atoms with van der Waals surface area (Å²) in [5.41, 5.74) is 0. The second-order valence-electron chi connectivity index (χ2n) is 6.14. The SMILES string of the molecule is COCCOc1ccc(S(=O)(=O)N2CCC3CNCC3C2)cc1. The molecule has 0 spiro atoms. The third-order valence-corrected chi connectivity index (χ3v) is 6.56. The maximum atomic E-state index is 12.8. The standard InChI is InChI=1S/C16H24N2O4S/c1-21-8-9-22-15-2-4-16(5-3-15)23(19,20)18-7-6-13-10-17-11-14(13)12-18/h2-5,13-14,17H,6-12H2,1H3. The molecule has 0 bridgehead atoms. The van der Waals surface area contributed by atoms with E-state index in [2.05, 4.69) is 5.32 Å². The van der Waals surface area contributed by atoms with Crippen LogP contribution in [0.5, 0.6) is 5.75 Å². The highest BCUT2D eigenvalue weighted by Crippen LogP contribution is 2.30. The molecule has 2 aliphatic heterocycles. The van der Waals surface area contributed by atoms with Gasteiger partial charge >= 0.3 is 0 Å². The maximum Gasteiger partial charge on any atom is 0.243 e. The highest BCUT2D eigenvalue weighted by molar-refractivity contribution is 7.89. The van der Waals surface area contributed by atoms with E-state index in [-0.39, 0.29) is 0 Å². The van der Waals surface area contributed by atoms with E-state index in [0.29, 0.717) is 48.8 Å². The molecule has 0 aliphatic carbocycles. The van der Waals surface area contributed by atoms with Crippen LogP contribution in [0, 0.1) is 11.8 Å². The zero-order valence-corrected chi connectivity index (χ0v) is 14.2. The molecular formula is C16H24N2O4S. The molecular weight excluding hydrogens is 316 g/mol. The van der Waals surface area contributed by atoms with Gasteiger partial charge in [0.25, 0.3) is 0 Å². The minimum absolute atomic E-state index is 0.334. The summed E-state index contributed by atoms with van der Waals surface area (Å²) in [7, 11) is -1.80. The molecule has 23 heavy (non-hydrogen) atoms. The molecule has 1 aromatic carbocycles. The van der Waals surface area contributed by atoms with Crippen molar-refractivity contribution in [1.29, 1.82) is 0 Å². The molecule has 2 unspecified atom stereocenters. The Kier molecular flexibility index (Phi) is 5.21. The average molecular weight is 340 g/mol. The lowest BCUT2D eigenvalue weighted by Gasteiger charge is -2.33. The first kappa shape index (κ1) is 16.7. The Morgan fingerprint density at radius 1 is 1.17 bits per heavy atom. The van der Waals surface area contributed by atoms with Crippen molar-refractivity contribution >= 4 is 10.0 Å². The molecule has 3 rings (SSSR count). The maximum absolute atomic E-state index is 12.8. The van der Waals surface area contributed by atoms with Gasteiger partial charge in [0.2, 0.25) is 10.0 Å². The van der Waals surface area contributed by atoms with E-state index in [0.717, 1.165) is 19.5 Å². The van der Waals surface area contributed by atoms with Crippen LogP contribution in [0.25, 0.3) is 0 Å². The van der Waals surface area contributed by atoms with Crippen LogP contribution in [-0.4, -0.2) is 59.2 Å². The summed E-state index contributed by atoms with van der Waals surface area (Å²) in [5.74, 6) is 1.72. The Morgan fingerprint density at radius 3 is 2.65 bits per heavy atom. The molecule has 2 atom stereocenters. The minimum atomic E-state index is -3.42.